The number of rotatable bonds is 5. The first-order chi connectivity index (χ1) is 12.1. The van der Waals surface area contributed by atoms with Gasteiger partial charge < -0.3 is 9.80 Å². The van der Waals surface area contributed by atoms with Crippen molar-refractivity contribution >= 4 is 23.4 Å². The molecule has 1 aliphatic carbocycles. The van der Waals surface area contributed by atoms with Crippen molar-refractivity contribution in [2.24, 2.45) is 11.8 Å². The van der Waals surface area contributed by atoms with Crippen LogP contribution in [0.4, 0.5) is 0 Å². The predicted molar refractivity (Wildman–Crippen MR) is 97.3 cm³/mol. The van der Waals surface area contributed by atoms with Crippen LogP contribution in [0.1, 0.15) is 37.7 Å². The van der Waals surface area contributed by atoms with Gasteiger partial charge in [-0.05, 0) is 49.7 Å². The smallest absolute Gasteiger partial charge is 0.227 e. The Morgan fingerprint density at radius 1 is 1.12 bits per heavy atom. The van der Waals surface area contributed by atoms with E-state index in [1.54, 1.807) is 0 Å². The summed E-state index contributed by atoms with van der Waals surface area (Å²) in [6.45, 7) is 2.20. The van der Waals surface area contributed by atoms with Crippen LogP contribution in [-0.2, 0) is 16.0 Å². The van der Waals surface area contributed by atoms with Crippen LogP contribution in [-0.4, -0.2) is 47.3 Å². The maximum Gasteiger partial charge on any atom is 0.227 e. The van der Waals surface area contributed by atoms with Crippen LogP contribution < -0.4 is 0 Å². The van der Waals surface area contributed by atoms with Gasteiger partial charge in [-0.25, -0.2) is 0 Å². The zero-order valence-electron chi connectivity index (χ0n) is 14.5. The molecule has 4 fully saturated rings. The lowest BCUT2D eigenvalue weighted by atomic mass is 9.94. The van der Waals surface area contributed by atoms with Gasteiger partial charge in [0.15, 0.2) is 0 Å². The zero-order chi connectivity index (χ0) is 17.4. The molecule has 5 heteroatoms. The van der Waals surface area contributed by atoms with E-state index in [0.717, 1.165) is 30.0 Å². The molecule has 2 amide bonds. The predicted octanol–water partition coefficient (Wildman–Crippen LogP) is 3.13. The van der Waals surface area contributed by atoms with Gasteiger partial charge in [-0.1, -0.05) is 29.8 Å². The lowest BCUT2D eigenvalue weighted by Gasteiger charge is -2.36. The van der Waals surface area contributed by atoms with Gasteiger partial charge in [0.25, 0.3) is 0 Å². The normalized spacial score (nSPS) is 26.0. The molecule has 134 valence electrons. The molecule has 2 unspecified atom stereocenters. The van der Waals surface area contributed by atoms with Crippen LogP contribution in [0.15, 0.2) is 24.3 Å². The van der Waals surface area contributed by atoms with E-state index in [2.05, 4.69) is 4.90 Å². The van der Waals surface area contributed by atoms with Crippen molar-refractivity contribution in [2.45, 2.75) is 44.6 Å². The Morgan fingerprint density at radius 2 is 1.92 bits per heavy atom. The largest absolute Gasteiger partial charge is 0.340 e. The van der Waals surface area contributed by atoms with E-state index in [1.807, 2.05) is 29.2 Å². The van der Waals surface area contributed by atoms with Crippen LogP contribution >= 0.6 is 11.6 Å². The summed E-state index contributed by atoms with van der Waals surface area (Å²) in [7, 11) is 0. The number of amides is 2. The fourth-order valence-electron chi connectivity index (χ4n) is 4.16. The van der Waals surface area contributed by atoms with E-state index in [-0.39, 0.29) is 23.8 Å². The van der Waals surface area contributed by atoms with Crippen molar-refractivity contribution in [3.63, 3.8) is 0 Å². The van der Waals surface area contributed by atoms with E-state index >= 15 is 0 Å². The Bertz CT molecular complexity index is 673. The highest BCUT2D eigenvalue weighted by Gasteiger charge is 2.43. The third-order valence-electron chi connectivity index (χ3n) is 5.86. The molecule has 0 aromatic heterocycles. The first-order valence-electron chi connectivity index (χ1n) is 9.43. The van der Waals surface area contributed by atoms with E-state index < -0.39 is 0 Å². The summed E-state index contributed by atoms with van der Waals surface area (Å²) in [4.78, 5) is 29.5. The quantitative estimate of drug-likeness (QED) is 0.809. The lowest BCUT2D eigenvalue weighted by molar-refractivity contribution is -0.140. The Morgan fingerprint density at radius 3 is 2.68 bits per heavy atom. The maximum atomic E-state index is 12.8. The summed E-state index contributed by atoms with van der Waals surface area (Å²) in [5.41, 5.74) is 1.02. The van der Waals surface area contributed by atoms with Crippen LogP contribution in [0, 0.1) is 11.8 Å². The first kappa shape index (κ1) is 16.9. The van der Waals surface area contributed by atoms with Gasteiger partial charge in [-0.3, -0.25) is 9.59 Å². The third-order valence-corrected chi connectivity index (χ3v) is 6.23. The number of halogens is 1. The second-order valence-corrected chi connectivity index (χ2v) is 8.16. The molecule has 4 nitrogen and oxygen atoms in total. The minimum atomic E-state index is 0.00163. The highest BCUT2D eigenvalue weighted by atomic mass is 35.5. The average Bonchev–Trinajstić information content (AvgIpc) is 3.44. The topological polar surface area (TPSA) is 40.6 Å². The Kier molecular flexibility index (Phi) is 4.72. The van der Waals surface area contributed by atoms with Crippen molar-refractivity contribution in [1.82, 2.24) is 9.80 Å². The van der Waals surface area contributed by atoms with Crippen molar-refractivity contribution < 1.29 is 9.59 Å². The number of fused-ring (bicyclic) bond motifs is 4. The second-order valence-electron chi connectivity index (χ2n) is 7.75. The molecule has 5 rings (SSSR count). The molecule has 3 heterocycles. The molecule has 2 bridgehead atoms. The van der Waals surface area contributed by atoms with E-state index in [4.69, 9.17) is 11.6 Å². The van der Waals surface area contributed by atoms with Gasteiger partial charge in [-0.2, -0.15) is 0 Å². The van der Waals surface area contributed by atoms with Gasteiger partial charge >= 0.3 is 0 Å². The van der Waals surface area contributed by atoms with Crippen LogP contribution in [0.3, 0.4) is 0 Å². The van der Waals surface area contributed by atoms with Gasteiger partial charge in [0.1, 0.15) is 0 Å². The molecule has 25 heavy (non-hydrogen) atoms. The molecular formula is C20H25ClN2O2. The lowest BCUT2D eigenvalue weighted by Crippen LogP contribution is -2.48. The summed E-state index contributed by atoms with van der Waals surface area (Å²) in [6, 6.07) is 7.91. The van der Waals surface area contributed by atoms with Crippen LogP contribution in [0.2, 0.25) is 5.02 Å². The Balaban J connectivity index is 1.40. The highest BCUT2D eigenvalue weighted by Crippen LogP contribution is 2.35. The van der Waals surface area contributed by atoms with Crippen LogP contribution in [0.5, 0.6) is 0 Å². The minimum absolute atomic E-state index is 0.00163. The second kappa shape index (κ2) is 6.99. The summed E-state index contributed by atoms with van der Waals surface area (Å²) in [6.07, 6.45) is 5.59. The molecule has 0 N–H and O–H groups in total. The molecule has 1 aromatic carbocycles. The Labute approximate surface area is 154 Å². The van der Waals surface area contributed by atoms with Gasteiger partial charge in [0.05, 0.1) is 5.92 Å². The van der Waals surface area contributed by atoms with Gasteiger partial charge in [0.2, 0.25) is 11.8 Å². The van der Waals surface area contributed by atoms with Crippen molar-refractivity contribution in [3.8, 4) is 0 Å². The molecule has 4 aliphatic rings. The SMILES string of the molecule is O=C(CCc1ccccc1Cl)N1CC2CCC(C1)N(CC1CC1)C2=O. The number of carbonyl (C=O) groups excluding carboxylic acids is 2. The monoisotopic (exact) mass is 360 g/mol. The number of carbonyl (C=O) groups is 2. The van der Waals surface area contributed by atoms with Gasteiger partial charge in [-0.15, -0.1) is 0 Å². The number of nitrogens with zero attached hydrogens (tertiary/aromatic N) is 2. The minimum Gasteiger partial charge on any atom is -0.340 e. The average molecular weight is 361 g/mol. The number of benzene rings is 1. The van der Waals surface area contributed by atoms with E-state index in [0.29, 0.717) is 31.8 Å². The molecule has 1 saturated carbocycles. The molecule has 0 spiro atoms. The summed E-state index contributed by atoms with van der Waals surface area (Å²) in [5, 5.41) is 0.719. The number of piperidine rings is 1. The summed E-state index contributed by atoms with van der Waals surface area (Å²) in [5.74, 6) is 1.14. The maximum absolute atomic E-state index is 12.8. The van der Waals surface area contributed by atoms with Gasteiger partial charge in [0, 0.05) is 37.1 Å². The fourth-order valence-corrected chi connectivity index (χ4v) is 4.39. The third kappa shape index (κ3) is 3.69. The first-order valence-corrected chi connectivity index (χ1v) is 9.81. The molecule has 3 aliphatic heterocycles. The number of aryl methyl sites for hydroxylation is 1. The molecule has 0 radical (unpaired) electrons. The fraction of sp³-hybridized carbons (Fsp3) is 0.600. The standard InChI is InChI=1S/C20H25ClN2O2/c21-18-4-2-1-3-15(18)8-10-19(24)22-12-16-7-9-17(13-22)23(20(16)25)11-14-5-6-14/h1-4,14,16-17H,5-13H2. The van der Waals surface area contributed by atoms with Crippen molar-refractivity contribution in [3.05, 3.63) is 34.9 Å². The molecular weight excluding hydrogens is 336 g/mol. The van der Waals surface area contributed by atoms with E-state index in [1.165, 1.54) is 12.8 Å². The molecule has 3 saturated heterocycles. The zero-order valence-corrected chi connectivity index (χ0v) is 15.3. The molecule has 1 aromatic rings. The summed E-state index contributed by atoms with van der Waals surface area (Å²) < 4.78 is 0. The Hall–Kier alpha value is -1.55. The summed E-state index contributed by atoms with van der Waals surface area (Å²) >= 11 is 6.19. The molecule has 2 atom stereocenters. The van der Waals surface area contributed by atoms with Crippen molar-refractivity contribution in [2.75, 3.05) is 19.6 Å². The van der Waals surface area contributed by atoms with E-state index in [9.17, 15) is 9.59 Å². The number of hydrogen-bond acceptors (Lipinski definition) is 2. The number of hydrogen-bond donors (Lipinski definition) is 0. The van der Waals surface area contributed by atoms with Crippen molar-refractivity contribution in [1.29, 1.82) is 0 Å². The van der Waals surface area contributed by atoms with Crippen LogP contribution in [0.25, 0.3) is 0 Å². The highest BCUT2D eigenvalue weighted by molar-refractivity contribution is 6.31.